The van der Waals surface area contributed by atoms with Gasteiger partial charge in [0.15, 0.2) is 5.11 Å². The lowest BCUT2D eigenvalue weighted by Crippen LogP contribution is -2.30. The van der Waals surface area contributed by atoms with Crippen LogP contribution in [0.25, 0.3) is 6.08 Å². The minimum Gasteiger partial charge on any atom is -0.496 e. The lowest BCUT2D eigenvalue weighted by atomic mass is 10.1. The van der Waals surface area contributed by atoms with Gasteiger partial charge in [0.2, 0.25) is 0 Å². The lowest BCUT2D eigenvalue weighted by Gasteiger charge is -2.16. The van der Waals surface area contributed by atoms with E-state index in [2.05, 4.69) is 5.32 Å². The number of nitrogens with zero attached hydrogens (tertiary/aromatic N) is 1. The fourth-order valence-electron chi connectivity index (χ4n) is 2.95. The molecule has 0 spiro atoms. The van der Waals surface area contributed by atoms with Crippen LogP contribution >= 0.6 is 12.2 Å². The zero-order valence-corrected chi connectivity index (χ0v) is 16.4. The zero-order chi connectivity index (χ0) is 19.4. The van der Waals surface area contributed by atoms with Crippen molar-refractivity contribution in [3.63, 3.8) is 0 Å². The SMILES string of the molecule is CCOCc1cc(/C=C2/NC(=S)N(c3ccccc3C)C2=O)ccc1OC. The zero-order valence-electron chi connectivity index (χ0n) is 15.6. The first-order valence-corrected chi connectivity index (χ1v) is 9.13. The van der Waals surface area contributed by atoms with Gasteiger partial charge in [0, 0.05) is 12.2 Å². The molecule has 2 aromatic rings. The number of ether oxygens (including phenoxy) is 2. The number of para-hydroxylation sites is 1. The summed E-state index contributed by atoms with van der Waals surface area (Å²) < 4.78 is 10.9. The van der Waals surface area contributed by atoms with Gasteiger partial charge in [0.05, 0.1) is 19.4 Å². The van der Waals surface area contributed by atoms with Crippen LogP contribution in [-0.4, -0.2) is 24.7 Å². The van der Waals surface area contributed by atoms with Gasteiger partial charge in [-0.15, -0.1) is 0 Å². The second-order valence-electron chi connectivity index (χ2n) is 6.12. The number of hydrogen-bond donors (Lipinski definition) is 1. The van der Waals surface area contributed by atoms with E-state index in [1.165, 1.54) is 4.90 Å². The van der Waals surface area contributed by atoms with Crippen molar-refractivity contribution in [1.82, 2.24) is 5.32 Å². The highest BCUT2D eigenvalue weighted by atomic mass is 32.1. The van der Waals surface area contributed by atoms with Gasteiger partial charge in [-0.3, -0.25) is 9.69 Å². The van der Waals surface area contributed by atoms with Crippen molar-refractivity contribution in [2.24, 2.45) is 0 Å². The molecule has 5 nitrogen and oxygen atoms in total. The average Bonchev–Trinajstić information content (AvgIpc) is 2.94. The molecule has 0 bridgehead atoms. The van der Waals surface area contributed by atoms with Crippen molar-refractivity contribution in [1.29, 1.82) is 0 Å². The molecule has 2 aromatic carbocycles. The van der Waals surface area contributed by atoms with Crippen LogP contribution in [0.2, 0.25) is 0 Å². The summed E-state index contributed by atoms with van der Waals surface area (Å²) in [6.45, 7) is 4.97. The largest absolute Gasteiger partial charge is 0.496 e. The Hall–Kier alpha value is -2.70. The maximum atomic E-state index is 12.9. The lowest BCUT2D eigenvalue weighted by molar-refractivity contribution is -0.113. The van der Waals surface area contributed by atoms with Crippen molar-refractivity contribution in [2.45, 2.75) is 20.5 Å². The maximum Gasteiger partial charge on any atom is 0.281 e. The van der Waals surface area contributed by atoms with E-state index in [0.717, 1.165) is 28.1 Å². The summed E-state index contributed by atoms with van der Waals surface area (Å²) in [4.78, 5) is 14.4. The van der Waals surface area contributed by atoms with Gasteiger partial charge in [0.25, 0.3) is 5.91 Å². The summed E-state index contributed by atoms with van der Waals surface area (Å²) >= 11 is 5.39. The Kier molecular flexibility index (Phi) is 5.88. The molecular weight excluding hydrogens is 360 g/mol. The Balaban J connectivity index is 1.91. The molecule has 0 atom stereocenters. The number of anilines is 1. The highest BCUT2D eigenvalue weighted by molar-refractivity contribution is 7.80. The van der Waals surface area contributed by atoms with E-state index in [9.17, 15) is 4.79 Å². The molecule has 1 aliphatic heterocycles. The number of benzene rings is 2. The van der Waals surface area contributed by atoms with E-state index in [1.807, 2.05) is 56.3 Å². The standard InChI is InChI=1S/C21H22N2O3S/c1-4-26-13-16-11-15(9-10-19(16)25-3)12-17-20(24)23(21(27)22-17)18-8-6-5-7-14(18)2/h5-12H,4,13H2,1-3H3,(H,22,27)/b17-12+. The Morgan fingerprint density at radius 2 is 2.00 bits per heavy atom. The molecule has 0 aromatic heterocycles. The molecule has 1 aliphatic rings. The Labute approximate surface area is 164 Å². The fraction of sp³-hybridized carbons (Fsp3) is 0.238. The minimum absolute atomic E-state index is 0.170. The summed E-state index contributed by atoms with van der Waals surface area (Å²) in [5.74, 6) is 0.588. The van der Waals surface area contributed by atoms with Gasteiger partial charge >= 0.3 is 0 Å². The Morgan fingerprint density at radius 3 is 2.70 bits per heavy atom. The van der Waals surface area contributed by atoms with Gasteiger partial charge in [-0.05, 0) is 61.5 Å². The predicted molar refractivity (Wildman–Crippen MR) is 111 cm³/mol. The van der Waals surface area contributed by atoms with Crippen LogP contribution in [0.15, 0.2) is 48.2 Å². The van der Waals surface area contributed by atoms with Crippen molar-refractivity contribution in [3.8, 4) is 5.75 Å². The smallest absolute Gasteiger partial charge is 0.281 e. The van der Waals surface area contributed by atoms with E-state index in [4.69, 9.17) is 21.7 Å². The number of nitrogens with one attached hydrogen (secondary N) is 1. The van der Waals surface area contributed by atoms with Crippen molar-refractivity contribution in [3.05, 3.63) is 64.9 Å². The second kappa shape index (κ2) is 8.33. The summed E-state index contributed by atoms with van der Waals surface area (Å²) in [6, 6.07) is 13.4. The second-order valence-corrected chi connectivity index (χ2v) is 6.51. The van der Waals surface area contributed by atoms with Crippen LogP contribution in [-0.2, 0) is 16.1 Å². The Bertz CT molecular complexity index is 908. The molecule has 0 saturated carbocycles. The number of thiocarbonyl (C=S) groups is 1. The third-order valence-electron chi connectivity index (χ3n) is 4.31. The summed E-state index contributed by atoms with van der Waals surface area (Å²) in [6.07, 6.45) is 1.79. The van der Waals surface area contributed by atoms with Crippen LogP contribution in [0.3, 0.4) is 0 Å². The highest BCUT2D eigenvalue weighted by Gasteiger charge is 2.32. The van der Waals surface area contributed by atoms with Crippen LogP contribution in [0.1, 0.15) is 23.6 Å². The molecule has 0 aliphatic carbocycles. The normalized spacial score (nSPS) is 15.4. The van der Waals surface area contributed by atoms with Crippen molar-refractivity contribution < 1.29 is 14.3 Å². The first kappa shape index (κ1) is 19.1. The number of methoxy groups -OCH3 is 1. The first-order chi connectivity index (χ1) is 13.0. The molecule has 140 valence electrons. The van der Waals surface area contributed by atoms with E-state index >= 15 is 0 Å². The average molecular weight is 382 g/mol. The molecule has 0 radical (unpaired) electrons. The molecule has 1 N–H and O–H groups in total. The number of amides is 1. The molecular formula is C21H22N2O3S. The number of carbonyl (C=O) groups excluding carboxylic acids is 1. The van der Waals surface area contributed by atoms with Gasteiger partial charge in [-0.1, -0.05) is 24.3 Å². The third kappa shape index (κ3) is 4.02. The number of aryl methyl sites for hydroxylation is 1. The van der Waals surface area contributed by atoms with Crippen LogP contribution < -0.4 is 15.0 Å². The number of hydrogen-bond acceptors (Lipinski definition) is 4. The summed E-state index contributed by atoms with van der Waals surface area (Å²) in [5.41, 5.74) is 4.01. The van der Waals surface area contributed by atoms with Crippen molar-refractivity contribution in [2.75, 3.05) is 18.6 Å². The molecule has 1 saturated heterocycles. The molecule has 1 fully saturated rings. The monoisotopic (exact) mass is 382 g/mol. The highest BCUT2D eigenvalue weighted by Crippen LogP contribution is 2.27. The number of carbonyl (C=O) groups is 1. The predicted octanol–water partition coefficient (Wildman–Crippen LogP) is 3.80. The molecule has 27 heavy (non-hydrogen) atoms. The third-order valence-corrected chi connectivity index (χ3v) is 4.60. The van der Waals surface area contributed by atoms with E-state index in [1.54, 1.807) is 13.2 Å². The maximum absolute atomic E-state index is 12.9. The van der Waals surface area contributed by atoms with Crippen LogP contribution in [0.4, 0.5) is 5.69 Å². The van der Waals surface area contributed by atoms with Gasteiger partial charge in [0.1, 0.15) is 11.4 Å². The first-order valence-electron chi connectivity index (χ1n) is 8.72. The minimum atomic E-state index is -0.170. The molecule has 3 rings (SSSR count). The van der Waals surface area contributed by atoms with Crippen LogP contribution in [0.5, 0.6) is 5.75 Å². The molecule has 0 unspecified atom stereocenters. The van der Waals surface area contributed by atoms with E-state index < -0.39 is 0 Å². The Morgan fingerprint density at radius 1 is 1.22 bits per heavy atom. The van der Waals surface area contributed by atoms with E-state index in [-0.39, 0.29) is 5.91 Å². The summed E-state index contributed by atoms with van der Waals surface area (Å²) in [7, 11) is 1.63. The number of rotatable bonds is 6. The van der Waals surface area contributed by atoms with Crippen molar-refractivity contribution >= 4 is 35.0 Å². The van der Waals surface area contributed by atoms with Gasteiger partial charge in [-0.2, -0.15) is 0 Å². The summed E-state index contributed by atoms with van der Waals surface area (Å²) in [5, 5.41) is 3.40. The molecule has 1 amide bonds. The van der Waals surface area contributed by atoms with Crippen LogP contribution in [0, 0.1) is 6.92 Å². The molecule has 1 heterocycles. The fourth-order valence-corrected chi connectivity index (χ4v) is 3.24. The topological polar surface area (TPSA) is 50.8 Å². The van der Waals surface area contributed by atoms with Gasteiger partial charge < -0.3 is 14.8 Å². The molecule has 6 heteroatoms. The van der Waals surface area contributed by atoms with Gasteiger partial charge in [-0.25, -0.2) is 0 Å². The quantitative estimate of drug-likeness (QED) is 0.608. The van der Waals surface area contributed by atoms with E-state index in [0.29, 0.717) is 24.0 Å².